The van der Waals surface area contributed by atoms with Gasteiger partial charge in [-0.05, 0) is 92.0 Å². The van der Waals surface area contributed by atoms with Crippen LogP contribution in [0.2, 0.25) is 0 Å². The molecule has 3 heterocycles. The van der Waals surface area contributed by atoms with Crippen LogP contribution in [0.1, 0.15) is 63.4 Å². The fourth-order valence-electron chi connectivity index (χ4n) is 8.40. The van der Waals surface area contributed by atoms with Crippen LogP contribution in [0, 0.1) is 23.7 Å². The van der Waals surface area contributed by atoms with Crippen molar-refractivity contribution < 1.29 is 65.9 Å². The summed E-state index contributed by atoms with van der Waals surface area (Å²) in [6, 6.07) is 17.2. The number of carbonyl (C=O) groups is 4. The molecular formula is C53H64F3N7O11S2. The van der Waals surface area contributed by atoms with Crippen LogP contribution in [-0.4, -0.2) is 147 Å². The first-order valence-electron chi connectivity index (χ1n) is 24.6. The second-order valence-corrected chi connectivity index (χ2v) is 20.7. The van der Waals surface area contributed by atoms with Crippen molar-refractivity contribution in [3.05, 3.63) is 94.6 Å². The molecule has 4 aromatic rings. The van der Waals surface area contributed by atoms with E-state index >= 15 is 0 Å². The van der Waals surface area contributed by atoms with Crippen molar-refractivity contribution in [1.82, 2.24) is 20.5 Å². The third kappa shape index (κ3) is 15.5. The second kappa shape index (κ2) is 26.8. The lowest BCUT2D eigenvalue weighted by Crippen LogP contribution is -2.58. The number of nitrogens with zero attached hydrogens (tertiary/aromatic N) is 5. The van der Waals surface area contributed by atoms with Gasteiger partial charge in [0.2, 0.25) is 17.7 Å². The zero-order chi connectivity index (χ0) is 55.2. The standard InChI is InChI=1S/C53H64F3N7O11S2/c1-34-45(76-33-59-34)36-9-7-35(8-10-36)30-58-47(66)43-28-40(64)31-61(43)48(67)46(51(2,3)4)60-44(65)32-73-24-23-71-20-19-69-17-18-70-21-22-72-25-26-74-41-15-13-38(14-16-41)63-50(75)62(49(68)52(63,5)6)39-12-11-37(29-57)42(27-39)53(54,55)56/h7-16,27,33,40,43,46,64H,17-26,28,30-32H2,1-6H3,(H,58,66)(H,60,65)/t40-,43+,46-/m1/s1. The van der Waals surface area contributed by atoms with Gasteiger partial charge in [0.05, 0.1) is 105 Å². The number of β-amino-alcohol motifs (C(OH)–C–C–N with tert-alkyl or cyclic N) is 1. The van der Waals surface area contributed by atoms with E-state index in [0.717, 1.165) is 38.7 Å². The van der Waals surface area contributed by atoms with Crippen molar-refractivity contribution in [3.63, 3.8) is 0 Å². The minimum Gasteiger partial charge on any atom is -0.491 e. The summed E-state index contributed by atoms with van der Waals surface area (Å²) in [5.74, 6) is -1.38. The van der Waals surface area contributed by atoms with Gasteiger partial charge in [0.1, 0.15) is 36.6 Å². The number of aliphatic hydroxyl groups is 1. The van der Waals surface area contributed by atoms with Crippen LogP contribution in [-0.2, 0) is 55.6 Å². The molecule has 4 amide bonds. The van der Waals surface area contributed by atoms with Gasteiger partial charge >= 0.3 is 6.18 Å². The maximum atomic E-state index is 13.9. The first kappa shape index (κ1) is 59.1. The summed E-state index contributed by atoms with van der Waals surface area (Å²) in [6.07, 6.45) is -5.62. The van der Waals surface area contributed by atoms with Gasteiger partial charge in [-0.25, -0.2) is 4.98 Å². The number of halogens is 3. The smallest absolute Gasteiger partial charge is 0.417 e. The average Bonchev–Trinajstić information content (AvgIpc) is 4.12. The molecule has 0 unspecified atom stereocenters. The summed E-state index contributed by atoms with van der Waals surface area (Å²) >= 11 is 7.16. The Morgan fingerprint density at radius 3 is 2.01 bits per heavy atom. The van der Waals surface area contributed by atoms with Gasteiger partial charge in [-0.2, -0.15) is 18.4 Å². The summed E-state index contributed by atoms with van der Waals surface area (Å²) < 4.78 is 74.5. The topological polar surface area (TPSA) is 214 Å². The molecule has 2 saturated heterocycles. The van der Waals surface area contributed by atoms with E-state index in [1.54, 1.807) is 59.9 Å². The van der Waals surface area contributed by atoms with Crippen LogP contribution in [0.5, 0.6) is 5.75 Å². The van der Waals surface area contributed by atoms with Crippen LogP contribution < -0.4 is 25.2 Å². The molecule has 0 aliphatic carbocycles. The predicted molar refractivity (Wildman–Crippen MR) is 280 cm³/mol. The first-order chi connectivity index (χ1) is 36.1. The molecule has 2 aliphatic heterocycles. The maximum absolute atomic E-state index is 13.9. The molecular weight excluding hydrogens is 1030 g/mol. The van der Waals surface area contributed by atoms with Gasteiger partial charge in [0.15, 0.2) is 5.11 Å². The van der Waals surface area contributed by atoms with E-state index in [2.05, 4.69) is 15.6 Å². The van der Waals surface area contributed by atoms with Gasteiger partial charge in [-0.15, -0.1) is 11.3 Å². The van der Waals surface area contributed by atoms with Crippen LogP contribution in [0.3, 0.4) is 0 Å². The number of rotatable bonds is 26. The Hall–Kier alpha value is -6.10. The number of likely N-dealkylation sites (tertiary alicyclic amines) is 1. The maximum Gasteiger partial charge on any atom is 0.417 e. The van der Waals surface area contributed by atoms with Crippen molar-refractivity contribution in [2.24, 2.45) is 5.41 Å². The van der Waals surface area contributed by atoms with Gasteiger partial charge in [0.25, 0.3) is 5.91 Å². The van der Waals surface area contributed by atoms with Gasteiger partial charge in [-0.1, -0.05) is 45.0 Å². The van der Waals surface area contributed by atoms with E-state index < -0.39 is 70.1 Å². The van der Waals surface area contributed by atoms with Crippen molar-refractivity contribution in [2.45, 2.75) is 84.4 Å². The number of thiocarbonyl (C=S) groups is 1. The number of benzene rings is 3. The van der Waals surface area contributed by atoms with Crippen LogP contribution in [0.15, 0.2) is 72.2 Å². The summed E-state index contributed by atoms with van der Waals surface area (Å²) in [4.78, 5) is 63.1. The fourth-order valence-corrected chi connectivity index (χ4v) is 9.73. The molecule has 0 saturated carbocycles. The molecule has 3 aromatic carbocycles. The SMILES string of the molecule is Cc1ncsc1-c1ccc(CNC(=O)[C@@H]2C[C@@H](O)CN2C(=O)[C@@H](NC(=O)COCCOCCOCCOCCOCCOc2ccc(N3C(=S)N(c4ccc(C#N)c(C(F)(F)F)c4)C(=O)C3(C)C)cc2)C(C)(C)C)cc1. The number of nitriles is 1. The Morgan fingerprint density at radius 2 is 1.46 bits per heavy atom. The second-order valence-electron chi connectivity index (χ2n) is 19.4. The average molecular weight is 1100 g/mol. The van der Waals surface area contributed by atoms with E-state index in [-0.39, 0.29) is 70.0 Å². The number of amides is 4. The number of hydrogen-bond donors (Lipinski definition) is 3. The summed E-state index contributed by atoms with van der Waals surface area (Å²) in [6.45, 7) is 13.2. The van der Waals surface area contributed by atoms with E-state index in [0.29, 0.717) is 44.5 Å². The number of ether oxygens (including phenoxy) is 6. The van der Waals surface area contributed by atoms with Crippen molar-refractivity contribution in [2.75, 3.05) is 89.0 Å². The molecule has 2 fully saturated rings. The van der Waals surface area contributed by atoms with Crippen molar-refractivity contribution in [1.29, 1.82) is 5.26 Å². The summed E-state index contributed by atoms with van der Waals surface area (Å²) in [5.41, 5.74) is 1.42. The highest BCUT2D eigenvalue weighted by molar-refractivity contribution is 7.81. The lowest BCUT2D eigenvalue weighted by molar-refractivity contribution is -0.144. The van der Waals surface area contributed by atoms with Gasteiger partial charge in [-0.3, -0.25) is 24.1 Å². The highest BCUT2D eigenvalue weighted by Gasteiger charge is 2.51. The highest BCUT2D eigenvalue weighted by Crippen LogP contribution is 2.40. The highest BCUT2D eigenvalue weighted by atomic mass is 32.1. The molecule has 1 aromatic heterocycles. The minimum absolute atomic E-state index is 0.0140. The normalized spacial score (nSPS) is 17.0. The Morgan fingerprint density at radius 1 is 0.882 bits per heavy atom. The number of carbonyl (C=O) groups excluding carboxylic acids is 4. The fraction of sp³-hybridized carbons (Fsp3) is 0.491. The first-order valence-corrected chi connectivity index (χ1v) is 25.9. The summed E-state index contributed by atoms with van der Waals surface area (Å²) in [5, 5.41) is 25.4. The Balaban J connectivity index is 0.785. The number of nitrogens with one attached hydrogen (secondary N) is 2. The lowest BCUT2D eigenvalue weighted by atomic mass is 9.85. The molecule has 6 rings (SSSR count). The monoisotopic (exact) mass is 1100 g/mol. The van der Waals surface area contributed by atoms with E-state index in [1.807, 2.05) is 52.0 Å². The number of thiazole rings is 1. The molecule has 18 nitrogen and oxygen atoms in total. The van der Waals surface area contributed by atoms with Crippen LogP contribution in [0.4, 0.5) is 24.5 Å². The summed E-state index contributed by atoms with van der Waals surface area (Å²) in [7, 11) is 0. The molecule has 0 radical (unpaired) electrons. The molecule has 3 atom stereocenters. The Bertz CT molecular complexity index is 2680. The zero-order valence-corrected chi connectivity index (χ0v) is 44.9. The molecule has 3 N–H and O–H groups in total. The van der Waals surface area contributed by atoms with Crippen LogP contribution >= 0.6 is 23.6 Å². The molecule has 0 spiro atoms. The van der Waals surface area contributed by atoms with E-state index in [4.69, 9.17) is 40.6 Å². The number of aromatic nitrogens is 1. The van der Waals surface area contributed by atoms with Gasteiger partial charge < -0.3 is 54.0 Å². The minimum atomic E-state index is -4.80. The van der Waals surface area contributed by atoms with E-state index in [1.165, 1.54) is 17.0 Å². The number of hydrogen-bond acceptors (Lipinski definition) is 15. The van der Waals surface area contributed by atoms with Crippen molar-refractivity contribution in [3.8, 4) is 22.3 Å². The largest absolute Gasteiger partial charge is 0.491 e. The molecule has 2 aliphatic rings. The zero-order valence-electron chi connectivity index (χ0n) is 43.3. The molecule has 76 heavy (non-hydrogen) atoms. The Labute approximate surface area is 449 Å². The molecule has 23 heteroatoms. The number of alkyl halides is 3. The number of aryl methyl sites for hydroxylation is 1. The third-order valence-electron chi connectivity index (χ3n) is 12.4. The quantitative estimate of drug-likeness (QED) is 0.0472. The van der Waals surface area contributed by atoms with E-state index in [9.17, 15) is 42.7 Å². The van der Waals surface area contributed by atoms with Gasteiger partial charge in [0, 0.05) is 25.2 Å². The number of anilines is 2. The molecule has 0 bridgehead atoms. The number of aliphatic hydroxyl groups excluding tert-OH is 1. The van der Waals surface area contributed by atoms with Crippen LogP contribution in [0.25, 0.3) is 10.4 Å². The Kier molecular flexibility index (Phi) is 20.8. The third-order valence-corrected chi connectivity index (χ3v) is 13.7. The predicted octanol–water partition coefficient (Wildman–Crippen LogP) is 6.20. The lowest BCUT2D eigenvalue weighted by Gasteiger charge is -2.35. The van der Waals surface area contributed by atoms with Crippen molar-refractivity contribution >= 4 is 63.7 Å². The molecule has 410 valence electrons.